The Hall–Kier alpha value is -2.51. The van der Waals surface area contributed by atoms with E-state index in [0.29, 0.717) is 17.9 Å². The smallest absolute Gasteiger partial charge is 0.385 e. The summed E-state index contributed by atoms with van der Waals surface area (Å²) in [5, 5.41) is 11.5. The number of anilines is 2. The number of hydrogen-bond acceptors (Lipinski definition) is 3. The first-order valence-corrected chi connectivity index (χ1v) is 6.17. The zero-order valence-electron chi connectivity index (χ0n) is 11.1. The van der Waals surface area contributed by atoms with Crippen molar-refractivity contribution in [3.05, 3.63) is 41.7 Å². The van der Waals surface area contributed by atoms with E-state index in [-0.39, 0.29) is 5.56 Å². The van der Waals surface area contributed by atoms with E-state index in [2.05, 4.69) is 20.8 Å². The molecule has 0 spiro atoms. The predicted molar refractivity (Wildman–Crippen MR) is 72.1 cm³/mol. The Balaban J connectivity index is 2.35. The average molecular weight is 298 g/mol. The minimum atomic E-state index is -4.50. The summed E-state index contributed by atoms with van der Waals surface area (Å²) in [6.45, 7) is 2.27. The van der Waals surface area contributed by atoms with Crippen molar-refractivity contribution in [2.75, 3.05) is 17.2 Å². The van der Waals surface area contributed by atoms with E-state index in [0.717, 1.165) is 12.1 Å². The Bertz CT molecular complexity index is 623. The van der Waals surface area contributed by atoms with E-state index < -0.39 is 17.6 Å². The second kappa shape index (κ2) is 5.86. The van der Waals surface area contributed by atoms with E-state index in [4.69, 9.17) is 0 Å². The maximum atomic E-state index is 12.8. The van der Waals surface area contributed by atoms with E-state index in [1.807, 2.05) is 0 Å². The van der Waals surface area contributed by atoms with Gasteiger partial charge in [-0.05, 0) is 25.1 Å². The lowest BCUT2D eigenvalue weighted by Crippen LogP contribution is -2.16. The number of nitrogens with zero attached hydrogens (tertiary/aromatic N) is 1. The molecule has 0 aliphatic heterocycles. The molecular formula is C13H13F3N4O. The molecule has 8 heteroatoms. The highest BCUT2D eigenvalue weighted by atomic mass is 19.4. The molecule has 5 nitrogen and oxygen atoms in total. The summed E-state index contributed by atoms with van der Waals surface area (Å²) in [6, 6.07) is 3.01. The molecular weight excluding hydrogens is 285 g/mol. The van der Waals surface area contributed by atoms with Gasteiger partial charge in [0, 0.05) is 18.4 Å². The Morgan fingerprint density at radius 1 is 1.38 bits per heavy atom. The number of H-pyrrole nitrogens is 1. The van der Waals surface area contributed by atoms with E-state index >= 15 is 0 Å². The van der Waals surface area contributed by atoms with Crippen molar-refractivity contribution in [2.24, 2.45) is 0 Å². The zero-order chi connectivity index (χ0) is 15.5. The fraction of sp³-hybridized carbons (Fsp3) is 0.231. The second-order valence-electron chi connectivity index (χ2n) is 4.23. The molecule has 0 fully saturated rings. The van der Waals surface area contributed by atoms with Gasteiger partial charge in [-0.25, -0.2) is 0 Å². The molecule has 0 aliphatic rings. The van der Waals surface area contributed by atoms with Gasteiger partial charge in [0.1, 0.15) is 0 Å². The molecule has 0 aliphatic carbocycles. The average Bonchev–Trinajstić information content (AvgIpc) is 2.91. The quantitative estimate of drug-likeness (QED) is 0.812. The standard InChI is InChI=1S/C13H13F3N4O/c1-2-17-11-4-3-8(13(14,15)16)5-10(11)12(21)20-9-6-18-19-7-9/h3-7,17H,2H2,1H3,(H,18,19)(H,20,21). The lowest BCUT2D eigenvalue weighted by atomic mass is 10.1. The number of alkyl halides is 3. The number of carbonyl (C=O) groups is 1. The van der Waals surface area contributed by atoms with Gasteiger partial charge in [-0.1, -0.05) is 0 Å². The number of rotatable bonds is 4. The highest BCUT2D eigenvalue weighted by molar-refractivity contribution is 6.08. The Morgan fingerprint density at radius 3 is 2.71 bits per heavy atom. The first kappa shape index (κ1) is 14.9. The van der Waals surface area contributed by atoms with Crippen LogP contribution in [0.3, 0.4) is 0 Å². The molecule has 0 saturated carbocycles. The van der Waals surface area contributed by atoms with Crippen LogP contribution in [0.5, 0.6) is 0 Å². The number of benzene rings is 1. The minimum Gasteiger partial charge on any atom is -0.385 e. The number of aromatic amines is 1. The van der Waals surface area contributed by atoms with Crippen molar-refractivity contribution < 1.29 is 18.0 Å². The van der Waals surface area contributed by atoms with Crippen LogP contribution in [0.2, 0.25) is 0 Å². The number of amides is 1. The van der Waals surface area contributed by atoms with Crippen molar-refractivity contribution >= 4 is 17.3 Å². The number of carbonyl (C=O) groups excluding carboxylic acids is 1. The predicted octanol–water partition coefficient (Wildman–Crippen LogP) is 3.11. The van der Waals surface area contributed by atoms with Crippen molar-refractivity contribution in [1.82, 2.24) is 10.2 Å². The molecule has 2 rings (SSSR count). The van der Waals surface area contributed by atoms with E-state index in [1.165, 1.54) is 18.5 Å². The lowest BCUT2D eigenvalue weighted by molar-refractivity contribution is -0.137. The SMILES string of the molecule is CCNc1ccc(C(F)(F)F)cc1C(=O)Nc1cn[nH]c1. The molecule has 0 radical (unpaired) electrons. The monoisotopic (exact) mass is 298 g/mol. The topological polar surface area (TPSA) is 69.8 Å². The van der Waals surface area contributed by atoms with Crippen LogP contribution >= 0.6 is 0 Å². The van der Waals surface area contributed by atoms with Crippen molar-refractivity contribution in [2.45, 2.75) is 13.1 Å². The Labute approximate surface area is 118 Å². The number of halogens is 3. The summed E-state index contributed by atoms with van der Waals surface area (Å²) >= 11 is 0. The Kier molecular flexibility index (Phi) is 4.15. The van der Waals surface area contributed by atoms with Crippen LogP contribution in [0.15, 0.2) is 30.6 Å². The molecule has 2 aromatic rings. The van der Waals surface area contributed by atoms with Gasteiger partial charge in [-0.15, -0.1) is 0 Å². The van der Waals surface area contributed by atoms with E-state index in [1.54, 1.807) is 6.92 Å². The number of aromatic nitrogens is 2. The fourth-order valence-electron chi connectivity index (χ4n) is 1.77. The number of nitrogens with one attached hydrogen (secondary N) is 3. The molecule has 1 heterocycles. The van der Waals surface area contributed by atoms with Gasteiger partial charge in [-0.3, -0.25) is 9.89 Å². The van der Waals surface area contributed by atoms with Gasteiger partial charge in [-0.2, -0.15) is 18.3 Å². The second-order valence-corrected chi connectivity index (χ2v) is 4.23. The highest BCUT2D eigenvalue weighted by Gasteiger charge is 2.31. The van der Waals surface area contributed by atoms with Gasteiger partial charge in [0.2, 0.25) is 0 Å². The van der Waals surface area contributed by atoms with Crippen LogP contribution < -0.4 is 10.6 Å². The van der Waals surface area contributed by atoms with Crippen LogP contribution in [-0.2, 0) is 6.18 Å². The molecule has 21 heavy (non-hydrogen) atoms. The fourth-order valence-corrected chi connectivity index (χ4v) is 1.77. The van der Waals surface area contributed by atoms with Gasteiger partial charge in [0.15, 0.2) is 0 Å². The normalized spacial score (nSPS) is 11.2. The first-order valence-electron chi connectivity index (χ1n) is 6.17. The van der Waals surface area contributed by atoms with Gasteiger partial charge >= 0.3 is 6.18 Å². The van der Waals surface area contributed by atoms with Crippen molar-refractivity contribution in [3.63, 3.8) is 0 Å². The third kappa shape index (κ3) is 3.53. The third-order valence-corrected chi connectivity index (χ3v) is 2.71. The maximum absolute atomic E-state index is 12.8. The molecule has 112 valence electrons. The molecule has 0 unspecified atom stereocenters. The molecule has 3 N–H and O–H groups in total. The van der Waals surface area contributed by atoms with Gasteiger partial charge in [0.25, 0.3) is 5.91 Å². The summed E-state index contributed by atoms with van der Waals surface area (Å²) in [5.74, 6) is -0.640. The Morgan fingerprint density at radius 2 is 2.14 bits per heavy atom. The third-order valence-electron chi connectivity index (χ3n) is 2.71. The van der Waals surface area contributed by atoms with Crippen LogP contribution in [0.4, 0.5) is 24.5 Å². The molecule has 1 aromatic carbocycles. The van der Waals surface area contributed by atoms with Crippen molar-refractivity contribution in [1.29, 1.82) is 0 Å². The largest absolute Gasteiger partial charge is 0.416 e. The van der Waals surface area contributed by atoms with Crippen LogP contribution in [-0.4, -0.2) is 22.6 Å². The highest BCUT2D eigenvalue weighted by Crippen LogP contribution is 2.32. The summed E-state index contributed by atoms with van der Waals surface area (Å²) in [7, 11) is 0. The molecule has 1 amide bonds. The summed E-state index contributed by atoms with van der Waals surface area (Å²) < 4.78 is 38.3. The number of hydrogen-bond donors (Lipinski definition) is 3. The minimum absolute atomic E-state index is 0.0760. The summed E-state index contributed by atoms with van der Waals surface area (Å²) in [5.41, 5.74) is -0.235. The molecule has 0 bridgehead atoms. The summed E-state index contributed by atoms with van der Waals surface area (Å²) in [4.78, 5) is 12.1. The molecule has 1 aromatic heterocycles. The molecule has 0 saturated heterocycles. The van der Waals surface area contributed by atoms with Crippen LogP contribution in [0.25, 0.3) is 0 Å². The van der Waals surface area contributed by atoms with Crippen molar-refractivity contribution in [3.8, 4) is 0 Å². The first-order chi connectivity index (χ1) is 9.91. The maximum Gasteiger partial charge on any atom is 0.416 e. The summed E-state index contributed by atoms with van der Waals surface area (Å²) in [6.07, 6.45) is -1.72. The zero-order valence-corrected chi connectivity index (χ0v) is 11.1. The van der Waals surface area contributed by atoms with Crippen LogP contribution in [0, 0.1) is 0 Å². The van der Waals surface area contributed by atoms with Crippen LogP contribution in [0.1, 0.15) is 22.8 Å². The lowest BCUT2D eigenvalue weighted by Gasteiger charge is -2.14. The van der Waals surface area contributed by atoms with E-state index in [9.17, 15) is 18.0 Å². The van der Waals surface area contributed by atoms with Gasteiger partial charge in [0.05, 0.1) is 23.0 Å². The van der Waals surface area contributed by atoms with Gasteiger partial charge < -0.3 is 10.6 Å². The molecule has 0 atom stereocenters.